The van der Waals surface area contributed by atoms with E-state index >= 15 is 0 Å². The second-order valence-electron chi connectivity index (χ2n) is 7.12. The molecule has 0 unspecified atom stereocenters. The van der Waals surface area contributed by atoms with E-state index in [1.165, 1.54) is 5.56 Å². The first-order chi connectivity index (χ1) is 16.2. The molecular formula is C25H25N3O4S. The van der Waals surface area contributed by atoms with Crippen molar-refractivity contribution in [3.63, 3.8) is 0 Å². The normalized spacial score (nSPS) is 11.0. The Morgan fingerprint density at radius 2 is 1.64 bits per heavy atom. The molecule has 0 saturated heterocycles. The number of nitrogens with one attached hydrogen (secondary N) is 1. The molecule has 0 aliphatic carbocycles. The van der Waals surface area contributed by atoms with Crippen LogP contribution in [0.2, 0.25) is 0 Å². The Balaban J connectivity index is 1.40. The Kier molecular flexibility index (Phi) is 7.26. The summed E-state index contributed by atoms with van der Waals surface area (Å²) < 4.78 is 23.8. The Labute approximate surface area is 196 Å². The van der Waals surface area contributed by atoms with E-state index in [1.807, 2.05) is 67.6 Å². The van der Waals surface area contributed by atoms with Gasteiger partial charge in [0.05, 0.1) is 30.7 Å². The van der Waals surface area contributed by atoms with Crippen LogP contribution < -0.4 is 24.4 Å². The number of hydrogen-bond acceptors (Lipinski definition) is 8. The Hall–Kier alpha value is -3.78. The molecule has 0 spiro atoms. The molecule has 0 bridgehead atoms. The van der Waals surface area contributed by atoms with Gasteiger partial charge >= 0.3 is 0 Å². The van der Waals surface area contributed by atoms with Gasteiger partial charge in [-0.1, -0.05) is 41.2 Å². The summed E-state index contributed by atoms with van der Waals surface area (Å²) in [5.41, 5.74) is 5.90. The number of fused-ring (bicyclic) bond motifs is 1. The van der Waals surface area contributed by atoms with Gasteiger partial charge in [-0.2, -0.15) is 5.10 Å². The third kappa shape index (κ3) is 5.72. The summed E-state index contributed by atoms with van der Waals surface area (Å²) in [6.07, 6.45) is 1.68. The van der Waals surface area contributed by atoms with Crippen LogP contribution in [-0.4, -0.2) is 38.6 Å². The molecule has 0 amide bonds. The van der Waals surface area contributed by atoms with Gasteiger partial charge in [0.15, 0.2) is 11.5 Å². The van der Waals surface area contributed by atoms with Crippen LogP contribution in [0, 0.1) is 6.92 Å². The number of nitrogens with zero attached hydrogens (tertiary/aromatic N) is 2. The number of methoxy groups -OCH3 is 2. The molecule has 0 aliphatic heterocycles. The van der Waals surface area contributed by atoms with Crippen molar-refractivity contribution in [1.82, 2.24) is 4.98 Å². The second kappa shape index (κ2) is 10.7. The lowest BCUT2D eigenvalue weighted by Gasteiger charge is -2.15. The van der Waals surface area contributed by atoms with Gasteiger partial charge in [-0.15, -0.1) is 0 Å². The number of hydrazone groups is 1. The maximum atomic E-state index is 5.91. The van der Waals surface area contributed by atoms with Crippen molar-refractivity contribution >= 4 is 32.9 Å². The number of ether oxygens (including phenoxy) is 4. The molecule has 33 heavy (non-hydrogen) atoms. The van der Waals surface area contributed by atoms with E-state index in [9.17, 15) is 0 Å². The van der Waals surface area contributed by atoms with Crippen molar-refractivity contribution in [3.8, 4) is 23.0 Å². The molecule has 1 N–H and O–H groups in total. The van der Waals surface area contributed by atoms with Gasteiger partial charge in [-0.25, -0.2) is 4.98 Å². The molecule has 0 saturated carbocycles. The van der Waals surface area contributed by atoms with Crippen LogP contribution in [0.4, 0.5) is 5.13 Å². The van der Waals surface area contributed by atoms with Gasteiger partial charge in [0.1, 0.15) is 19.0 Å². The molecule has 0 aliphatic rings. The van der Waals surface area contributed by atoms with Crippen molar-refractivity contribution in [2.45, 2.75) is 6.92 Å². The molecule has 1 aromatic heterocycles. The summed E-state index contributed by atoms with van der Waals surface area (Å²) in [7, 11) is 3.18. The lowest BCUT2D eigenvalue weighted by atomic mass is 10.2. The molecule has 1 heterocycles. The minimum atomic E-state index is 0.340. The molecule has 0 radical (unpaired) electrons. The van der Waals surface area contributed by atoms with Crippen LogP contribution in [0.25, 0.3) is 10.2 Å². The molecule has 4 aromatic rings. The van der Waals surface area contributed by atoms with Gasteiger partial charge in [-0.3, -0.25) is 5.43 Å². The second-order valence-corrected chi connectivity index (χ2v) is 8.15. The highest BCUT2D eigenvalue weighted by atomic mass is 32.1. The quantitative estimate of drug-likeness (QED) is 0.189. The van der Waals surface area contributed by atoms with Gasteiger partial charge in [0, 0.05) is 5.56 Å². The summed E-state index contributed by atoms with van der Waals surface area (Å²) in [6.45, 7) is 2.77. The van der Waals surface area contributed by atoms with E-state index in [1.54, 1.807) is 31.8 Å². The van der Waals surface area contributed by atoms with Crippen molar-refractivity contribution < 1.29 is 18.9 Å². The molecule has 7 nitrogen and oxygen atoms in total. The number of rotatable bonds is 10. The first kappa shape index (κ1) is 22.4. The smallest absolute Gasteiger partial charge is 0.204 e. The average molecular weight is 464 g/mol. The zero-order chi connectivity index (χ0) is 23.0. The van der Waals surface area contributed by atoms with Crippen LogP contribution in [0.15, 0.2) is 65.8 Å². The number of thiazole rings is 1. The Bertz CT molecular complexity index is 1180. The fraction of sp³-hybridized carbons (Fsp3) is 0.200. The summed E-state index contributed by atoms with van der Waals surface area (Å²) in [5.74, 6) is 2.41. The molecule has 8 heteroatoms. The third-order valence-corrected chi connectivity index (χ3v) is 5.71. The third-order valence-electron chi connectivity index (χ3n) is 4.77. The minimum Gasteiger partial charge on any atom is -0.493 e. The van der Waals surface area contributed by atoms with Crippen LogP contribution in [0.5, 0.6) is 23.0 Å². The maximum Gasteiger partial charge on any atom is 0.204 e. The maximum absolute atomic E-state index is 5.91. The van der Waals surface area contributed by atoms with Crippen LogP contribution in [-0.2, 0) is 0 Å². The van der Waals surface area contributed by atoms with E-state index < -0.39 is 0 Å². The van der Waals surface area contributed by atoms with Gasteiger partial charge < -0.3 is 18.9 Å². The number of anilines is 1. The molecule has 3 aromatic carbocycles. The zero-order valence-corrected chi connectivity index (χ0v) is 19.5. The number of benzene rings is 3. The predicted octanol–water partition coefficient (Wildman–Crippen LogP) is 5.53. The summed E-state index contributed by atoms with van der Waals surface area (Å²) in [4.78, 5) is 4.51. The molecule has 0 fully saturated rings. The molecule has 0 atom stereocenters. The van der Waals surface area contributed by atoms with Crippen LogP contribution >= 0.6 is 11.3 Å². The average Bonchev–Trinajstić information content (AvgIpc) is 3.26. The molecule has 4 rings (SSSR count). The van der Waals surface area contributed by atoms with E-state index in [4.69, 9.17) is 18.9 Å². The number of para-hydroxylation sites is 1. The fourth-order valence-corrected chi connectivity index (χ4v) is 3.95. The lowest BCUT2D eigenvalue weighted by Crippen LogP contribution is -2.10. The fourth-order valence-electron chi connectivity index (χ4n) is 3.14. The van der Waals surface area contributed by atoms with E-state index in [2.05, 4.69) is 15.5 Å². The SMILES string of the molecule is COc1cc(/C=N\Nc2nc3ccccc3s2)cc(OC)c1OCCOc1ccc(C)cc1. The van der Waals surface area contributed by atoms with Crippen molar-refractivity contribution in [3.05, 3.63) is 71.8 Å². The first-order valence-electron chi connectivity index (χ1n) is 10.4. The number of aryl methyl sites for hydroxylation is 1. The van der Waals surface area contributed by atoms with E-state index in [0.717, 1.165) is 26.7 Å². The van der Waals surface area contributed by atoms with E-state index in [0.29, 0.717) is 30.5 Å². The first-order valence-corrected chi connectivity index (χ1v) is 11.2. The lowest BCUT2D eigenvalue weighted by molar-refractivity contribution is 0.205. The van der Waals surface area contributed by atoms with E-state index in [-0.39, 0.29) is 0 Å². The standard InChI is InChI=1S/C25H25N3O4S/c1-17-8-10-19(11-9-17)31-12-13-32-24-21(29-2)14-18(15-22(24)30-3)16-26-28-25-27-20-6-4-5-7-23(20)33-25/h4-11,14-16H,12-13H2,1-3H3,(H,27,28)/b26-16-. The van der Waals surface area contributed by atoms with Crippen molar-refractivity contribution in [2.24, 2.45) is 5.10 Å². The highest BCUT2D eigenvalue weighted by Crippen LogP contribution is 2.38. The Morgan fingerprint density at radius 1 is 0.939 bits per heavy atom. The molecular weight excluding hydrogens is 438 g/mol. The number of hydrogen-bond donors (Lipinski definition) is 1. The van der Waals surface area contributed by atoms with Crippen LogP contribution in [0.1, 0.15) is 11.1 Å². The predicted molar refractivity (Wildman–Crippen MR) is 133 cm³/mol. The molecule has 170 valence electrons. The van der Waals surface area contributed by atoms with Gasteiger partial charge in [0.25, 0.3) is 0 Å². The van der Waals surface area contributed by atoms with Crippen LogP contribution in [0.3, 0.4) is 0 Å². The minimum absolute atomic E-state index is 0.340. The summed E-state index contributed by atoms with van der Waals surface area (Å²) in [5, 5.41) is 5.03. The summed E-state index contributed by atoms with van der Waals surface area (Å²) >= 11 is 1.54. The largest absolute Gasteiger partial charge is 0.493 e. The van der Waals surface area contributed by atoms with Crippen molar-refractivity contribution in [2.75, 3.05) is 32.9 Å². The van der Waals surface area contributed by atoms with Gasteiger partial charge in [-0.05, 0) is 43.3 Å². The summed E-state index contributed by atoms with van der Waals surface area (Å²) in [6, 6.07) is 19.5. The number of aromatic nitrogens is 1. The zero-order valence-electron chi connectivity index (χ0n) is 18.7. The highest BCUT2D eigenvalue weighted by molar-refractivity contribution is 7.22. The van der Waals surface area contributed by atoms with Crippen molar-refractivity contribution in [1.29, 1.82) is 0 Å². The topological polar surface area (TPSA) is 74.2 Å². The monoisotopic (exact) mass is 463 g/mol. The Morgan fingerprint density at radius 3 is 2.33 bits per heavy atom. The van der Waals surface area contributed by atoms with Gasteiger partial charge in [0.2, 0.25) is 10.9 Å². The highest BCUT2D eigenvalue weighted by Gasteiger charge is 2.14.